The Balaban J connectivity index is 2.41. The van der Waals surface area contributed by atoms with Crippen LogP contribution in [0.3, 0.4) is 0 Å². The minimum Gasteiger partial charge on any atom is -0.394 e. The van der Waals surface area contributed by atoms with Crippen molar-refractivity contribution in [3.8, 4) is 0 Å². The lowest BCUT2D eigenvalue weighted by molar-refractivity contribution is -0.122. The van der Waals surface area contributed by atoms with Crippen molar-refractivity contribution in [2.45, 2.75) is 18.9 Å². The van der Waals surface area contributed by atoms with Crippen LogP contribution in [0.5, 0.6) is 0 Å². The van der Waals surface area contributed by atoms with E-state index >= 15 is 0 Å². The van der Waals surface area contributed by atoms with E-state index in [1.807, 2.05) is 30.3 Å². The normalized spacial score (nSPS) is 12.1. The van der Waals surface area contributed by atoms with Gasteiger partial charge in [-0.2, -0.15) is 0 Å². The Morgan fingerprint density at radius 1 is 1.41 bits per heavy atom. The van der Waals surface area contributed by atoms with Crippen molar-refractivity contribution >= 4 is 5.91 Å². The Kier molecular flexibility index (Phi) is 6.29. The van der Waals surface area contributed by atoms with Crippen molar-refractivity contribution in [2.24, 2.45) is 0 Å². The third kappa shape index (κ3) is 5.47. The first-order chi connectivity index (χ1) is 8.26. The fraction of sp³-hybridized carbons (Fsp3) is 0.462. The van der Waals surface area contributed by atoms with Crippen molar-refractivity contribution in [3.63, 3.8) is 0 Å². The smallest absolute Gasteiger partial charge is 0.222 e. The molecule has 0 radical (unpaired) electrons. The highest BCUT2D eigenvalue weighted by atomic mass is 16.5. The largest absolute Gasteiger partial charge is 0.394 e. The summed E-state index contributed by atoms with van der Waals surface area (Å²) >= 11 is 0. The van der Waals surface area contributed by atoms with E-state index in [4.69, 9.17) is 4.74 Å². The van der Waals surface area contributed by atoms with Crippen LogP contribution in [0.15, 0.2) is 30.3 Å². The van der Waals surface area contributed by atoms with E-state index in [-0.39, 0.29) is 18.6 Å². The van der Waals surface area contributed by atoms with Crippen LogP contribution in [0.4, 0.5) is 0 Å². The minimum absolute atomic E-state index is 0.0619. The molecule has 1 rings (SSSR count). The highest BCUT2D eigenvalue weighted by Gasteiger charge is 2.11. The summed E-state index contributed by atoms with van der Waals surface area (Å²) in [6, 6.07) is 9.54. The van der Waals surface area contributed by atoms with Crippen LogP contribution < -0.4 is 5.32 Å². The molecular weight excluding hydrogens is 218 g/mol. The van der Waals surface area contributed by atoms with E-state index in [0.29, 0.717) is 19.4 Å². The third-order valence-corrected chi connectivity index (χ3v) is 2.44. The molecule has 0 aliphatic heterocycles. The monoisotopic (exact) mass is 237 g/mol. The Labute approximate surface area is 102 Å². The first-order valence-electron chi connectivity index (χ1n) is 5.69. The number of carbonyl (C=O) groups excluding carboxylic acids is 1. The molecule has 1 aromatic rings. The maximum Gasteiger partial charge on any atom is 0.222 e. The summed E-state index contributed by atoms with van der Waals surface area (Å²) in [7, 11) is 1.56. The zero-order valence-electron chi connectivity index (χ0n) is 10.1. The molecule has 17 heavy (non-hydrogen) atoms. The Hall–Kier alpha value is -1.39. The van der Waals surface area contributed by atoms with Crippen molar-refractivity contribution < 1.29 is 14.6 Å². The van der Waals surface area contributed by atoms with E-state index < -0.39 is 0 Å². The number of rotatable bonds is 7. The number of amides is 1. The topological polar surface area (TPSA) is 58.6 Å². The molecule has 0 heterocycles. The standard InChI is InChI=1S/C13H19NO3/c1-17-8-7-13(16)14-12(10-15)9-11-5-3-2-4-6-11/h2-6,12,15H,7-10H2,1H3,(H,14,16). The van der Waals surface area contributed by atoms with Gasteiger partial charge in [0.15, 0.2) is 0 Å². The molecule has 1 amide bonds. The molecule has 0 aliphatic rings. The molecule has 4 nitrogen and oxygen atoms in total. The molecule has 4 heteroatoms. The maximum atomic E-state index is 11.5. The van der Waals surface area contributed by atoms with Gasteiger partial charge in [0, 0.05) is 13.5 Å². The number of methoxy groups -OCH3 is 1. The number of carbonyl (C=O) groups is 1. The summed E-state index contributed by atoms with van der Waals surface area (Å²) in [6.07, 6.45) is 0.956. The van der Waals surface area contributed by atoms with Crippen molar-refractivity contribution in [2.75, 3.05) is 20.3 Å². The number of aliphatic hydroxyl groups is 1. The number of aliphatic hydroxyl groups excluding tert-OH is 1. The van der Waals surface area contributed by atoms with Gasteiger partial charge >= 0.3 is 0 Å². The van der Waals surface area contributed by atoms with Gasteiger partial charge in [-0.05, 0) is 12.0 Å². The quantitative estimate of drug-likeness (QED) is 0.735. The van der Waals surface area contributed by atoms with Gasteiger partial charge in [-0.3, -0.25) is 4.79 Å². The first-order valence-corrected chi connectivity index (χ1v) is 5.69. The summed E-state index contributed by atoms with van der Waals surface area (Å²) in [5, 5.41) is 12.0. The molecule has 0 bridgehead atoms. The summed E-state index contributed by atoms with van der Waals surface area (Å²) in [5.74, 6) is -0.0955. The van der Waals surface area contributed by atoms with Gasteiger partial charge in [0.2, 0.25) is 5.91 Å². The predicted octanol–water partition coefficient (Wildman–Crippen LogP) is 0.743. The molecule has 0 saturated carbocycles. The molecule has 1 aromatic carbocycles. The highest BCUT2D eigenvalue weighted by molar-refractivity contribution is 5.76. The third-order valence-electron chi connectivity index (χ3n) is 2.44. The highest BCUT2D eigenvalue weighted by Crippen LogP contribution is 2.03. The second-order valence-corrected chi connectivity index (χ2v) is 3.88. The van der Waals surface area contributed by atoms with Crippen LogP contribution >= 0.6 is 0 Å². The molecular formula is C13H19NO3. The molecule has 0 fully saturated rings. The second-order valence-electron chi connectivity index (χ2n) is 3.88. The van der Waals surface area contributed by atoms with Crippen LogP contribution in [0.1, 0.15) is 12.0 Å². The van der Waals surface area contributed by atoms with E-state index in [9.17, 15) is 9.90 Å². The van der Waals surface area contributed by atoms with E-state index in [0.717, 1.165) is 5.56 Å². The van der Waals surface area contributed by atoms with Crippen molar-refractivity contribution in [3.05, 3.63) is 35.9 Å². The van der Waals surface area contributed by atoms with Gasteiger partial charge in [-0.1, -0.05) is 30.3 Å². The molecule has 1 atom stereocenters. The lowest BCUT2D eigenvalue weighted by Gasteiger charge is -2.16. The molecule has 94 valence electrons. The van der Waals surface area contributed by atoms with E-state index in [2.05, 4.69) is 5.32 Å². The molecule has 0 saturated heterocycles. The average Bonchev–Trinajstić information content (AvgIpc) is 2.36. The fourth-order valence-electron chi connectivity index (χ4n) is 1.55. The van der Waals surface area contributed by atoms with Crippen molar-refractivity contribution in [1.29, 1.82) is 0 Å². The Morgan fingerprint density at radius 3 is 2.71 bits per heavy atom. The van der Waals surface area contributed by atoms with Crippen molar-refractivity contribution in [1.82, 2.24) is 5.32 Å². The number of ether oxygens (including phenoxy) is 1. The second kappa shape index (κ2) is 7.81. The summed E-state index contributed by atoms with van der Waals surface area (Å²) < 4.78 is 4.82. The maximum absolute atomic E-state index is 11.5. The predicted molar refractivity (Wildman–Crippen MR) is 65.7 cm³/mol. The molecule has 0 spiro atoms. The van der Waals surface area contributed by atoms with Crippen LogP contribution in [-0.2, 0) is 16.0 Å². The zero-order valence-corrected chi connectivity index (χ0v) is 10.1. The van der Waals surface area contributed by atoms with Crippen LogP contribution in [0, 0.1) is 0 Å². The zero-order chi connectivity index (χ0) is 12.5. The molecule has 2 N–H and O–H groups in total. The summed E-state index contributed by atoms with van der Waals surface area (Å²) in [4.78, 5) is 11.5. The van der Waals surface area contributed by atoms with Gasteiger partial charge in [0.1, 0.15) is 0 Å². The number of hydrogen-bond acceptors (Lipinski definition) is 3. The van der Waals surface area contributed by atoms with Gasteiger partial charge < -0.3 is 15.2 Å². The first kappa shape index (κ1) is 13.7. The van der Waals surface area contributed by atoms with Crippen LogP contribution in [0.2, 0.25) is 0 Å². The number of hydrogen-bond donors (Lipinski definition) is 2. The fourth-order valence-corrected chi connectivity index (χ4v) is 1.55. The van der Waals surface area contributed by atoms with Crippen LogP contribution in [0.25, 0.3) is 0 Å². The Morgan fingerprint density at radius 2 is 2.12 bits per heavy atom. The number of benzene rings is 1. The minimum atomic E-state index is -0.234. The summed E-state index contributed by atoms with van der Waals surface area (Å²) in [5.41, 5.74) is 1.10. The summed E-state index contributed by atoms with van der Waals surface area (Å²) in [6.45, 7) is 0.336. The number of nitrogens with one attached hydrogen (secondary N) is 1. The lowest BCUT2D eigenvalue weighted by Crippen LogP contribution is -2.39. The molecule has 0 aliphatic carbocycles. The molecule has 1 unspecified atom stereocenters. The molecule has 0 aromatic heterocycles. The van der Waals surface area contributed by atoms with Gasteiger partial charge in [0.05, 0.1) is 19.3 Å². The Bertz CT molecular complexity index is 327. The SMILES string of the molecule is COCCC(=O)NC(CO)Cc1ccccc1. The van der Waals surface area contributed by atoms with Gasteiger partial charge in [-0.25, -0.2) is 0 Å². The van der Waals surface area contributed by atoms with Gasteiger partial charge in [0.25, 0.3) is 0 Å². The van der Waals surface area contributed by atoms with E-state index in [1.165, 1.54) is 0 Å². The van der Waals surface area contributed by atoms with Gasteiger partial charge in [-0.15, -0.1) is 0 Å². The average molecular weight is 237 g/mol. The van der Waals surface area contributed by atoms with E-state index in [1.54, 1.807) is 7.11 Å². The lowest BCUT2D eigenvalue weighted by atomic mass is 10.1. The van der Waals surface area contributed by atoms with Crippen LogP contribution in [-0.4, -0.2) is 37.4 Å².